The SMILES string of the molecule is CCc1nnc(NC(=O)Nc2cc(Cl)ccc2C(=O)O)s1. The van der Waals surface area contributed by atoms with Gasteiger partial charge in [-0.1, -0.05) is 29.9 Å². The Bertz CT molecular complexity index is 689. The number of aromatic carboxylic acids is 1. The van der Waals surface area contributed by atoms with Gasteiger partial charge >= 0.3 is 12.0 Å². The van der Waals surface area contributed by atoms with Gasteiger partial charge in [0.25, 0.3) is 0 Å². The molecule has 0 atom stereocenters. The number of anilines is 2. The Morgan fingerprint density at radius 1 is 1.33 bits per heavy atom. The molecule has 1 aromatic heterocycles. The first kappa shape index (κ1) is 15.2. The van der Waals surface area contributed by atoms with Gasteiger partial charge < -0.3 is 10.4 Å². The first-order valence-corrected chi connectivity index (χ1v) is 7.12. The van der Waals surface area contributed by atoms with E-state index in [2.05, 4.69) is 20.8 Å². The molecule has 0 saturated carbocycles. The number of carbonyl (C=O) groups is 2. The maximum Gasteiger partial charge on any atom is 0.337 e. The normalized spacial score (nSPS) is 10.2. The third kappa shape index (κ3) is 3.89. The molecule has 1 heterocycles. The summed E-state index contributed by atoms with van der Waals surface area (Å²) in [5, 5.41) is 23.1. The molecule has 0 aliphatic rings. The number of nitrogens with one attached hydrogen (secondary N) is 2. The summed E-state index contributed by atoms with van der Waals surface area (Å²) >= 11 is 7.05. The number of carboxylic acids is 1. The van der Waals surface area contributed by atoms with E-state index in [1.165, 1.54) is 29.5 Å². The van der Waals surface area contributed by atoms with Crippen molar-refractivity contribution < 1.29 is 14.7 Å². The predicted octanol–water partition coefficient (Wildman–Crippen LogP) is 3.10. The molecule has 0 spiro atoms. The van der Waals surface area contributed by atoms with Crippen molar-refractivity contribution in [2.24, 2.45) is 0 Å². The van der Waals surface area contributed by atoms with Gasteiger partial charge in [0, 0.05) is 5.02 Å². The highest BCUT2D eigenvalue weighted by molar-refractivity contribution is 7.15. The summed E-state index contributed by atoms with van der Waals surface area (Å²) in [6, 6.07) is 3.51. The van der Waals surface area contributed by atoms with E-state index in [1.807, 2.05) is 6.92 Å². The zero-order valence-electron chi connectivity index (χ0n) is 10.9. The van der Waals surface area contributed by atoms with Crippen molar-refractivity contribution in [2.75, 3.05) is 10.6 Å². The third-order valence-corrected chi connectivity index (χ3v) is 3.67. The molecular formula is C12H11ClN4O3S. The standard InChI is InChI=1S/C12H11ClN4O3S/c1-2-9-16-17-12(21-9)15-11(20)14-8-5-6(13)3-4-7(8)10(18)19/h3-5H,2H2,1H3,(H,18,19)(H2,14,15,17,20). The number of amides is 2. The van der Waals surface area contributed by atoms with Gasteiger partial charge in [-0.15, -0.1) is 10.2 Å². The second kappa shape index (κ2) is 6.51. The molecule has 0 bridgehead atoms. The number of rotatable bonds is 4. The van der Waals surface area contributed by atoms with Crippen molar-refractivity contribution in [1.29, 1.82) is 0 Å². The summed E-state index contributed by atoms with van der Waals surface area (Å²) < 4.78 is 0. The molecule has 110 valence electrons. The summed E-state index contributed by atoms with van der Waals surface area (Å²) in [7, 11) is 0. The van der Waals surface area contributed by atoms with Crippen LogP contribution < -0.4 is 10.6 Å². The minimum atomic E-state index is -1.16. The first-order valence-electron chi connectivity index (χ1n) is 5.92. The third-order valence-electron chi connectivity index (χ3n) is 2.45. The van der Waals surface area contributed by atoms with Crippen LogP contribution in [0.1, 0.15) is 22.3 Å². The van der Waals surface area contributed by atoms with E-state index in [1.54, 1.807) is 0 Å². The maximum atomic E-state index is 11.8. The second-order valence-electron chi connectivity index (χ2n) is 3.93. The van der Waals surface area contributed by atoms with Gasteiger partial charge in [0.05, 0.1) is 11.3 Å². The molecule has 0 saturated heterocycles. The lowest BCUT2D eigenvalue weighted by Gasteiger charge is -2.08. The molecule has 0 unspecified atom stereocenters. The van der Waals surface area contributed by atoms with Crippen LogP contribution in [0.25, 0.3) is 0 Å². The van der Waals surface area contributed by atoms with Crippen LogP contribution in [0.3, 0.4) is 0 Å². The van der Waals surface area contributed by atoms with Gasteiger partial charge in [-0.05, 0) is 24.6 Å². The van der Waals surface area contributed by atoms with Crippen LogP contribution in [-0.4, -0.2) is 27.3 Å². The Hall–Kier alpha value is -2.19. The van der Waals surface area contributed by atoms with Crippen molar-refractivity contribution in [3.05, 3.63) is 33.8 Å². The molecule has 2 aromatic rings. The Labute approximate surface area is 129 Å². The van der Waals surface area contributed by atoms with E-state index in [0.29, 0.717) is 10.2 Å². The molecular weight excluding hydrogens is 316 g/mol. The topological polar surface area (TPSA) is 104 Å². The fraction of sp³-hybridized carbons (Fsp3) is 0.167. The number of benzene rings is 1. The highest BCUT2D eigenvalue weighted by Crippen LogP contribution is 2.22. The lowest BCUT2D eigenvalue weighted by Crippen LogP contribution is -2.21. The van der Waals surface area contributed by atoms with Crippen molar-refractivity contribution >= 4 is 45.8 Å². The van der Waals surface area contributed by atoms with E-state index < -0.39 is 12.0 Å². The van der Waals surface area contributed by atoms with E-state index in [4.69, 9.17) is 16.7 Å². The van der Waals surface area contributed by atoms with Crippen LogP contribution in [0.5, 0.6) is 0 Å². The lowest BCUT2D eigenvalue weighted by molar-refractivity contribution is 0.0698. The average molecular weight is 327 g/mol. The molecule has 0 radical (unpaired) electrons. The summed E-state index contributed by atoms with van der Waals surface area (Å²) in [6.45, 7) is 1.93. The Balaban J connectivity index is 2.12. The smallest absolute Gasteiger partial charge is 0.337 e. The summed E-state index contributed by atoms with van der Waals surface area (Å²) in [6.07, 6.45) is 0.721. The molecule has 2 rings (SSSR count). The Kier molecular flexibility index (Phi) is 4.71. The maximum absolute atomic E-state index is 11.8. The van der Waals surface area contributed by atoms with Crippen molar-refractivity contribution in [2.45, 2.75) is 13.3 Å². The predicted molar refractivity (Wildman–Crippen MR) is 80.3 cm³/mol. The van der Waals surface area contributed by atoms with Gasteiger partial charge in [-0.3, -0.25) is 5.32 Å². The van der Waals surface area contributed by atoms with E-state index in [0.717, 1.165) is 11.4 Å². The number of halogens is 1. The molecule has 9 heteroatoms. The van der Waals surface area contributed by atoms with Gasteiger partial charge in [0.2, 0.25) is 5.13 Å². The molecule has 2 amide bonds. The molecule has 0 aliphatic heterocycles. The van der Waals surface area contributed by atoms with E-state index in [9.17, 15) is 9.59 Å². The minimum absolute atomic E-state index is 0.0546. The lowest BCUT2D eigenvalue weighted by atomic mass is 10.2. The van der Waals surface area contributed by atoms with Crippen LogP contribution in [-0.2, 0) is 6.42 Å². The van der Waals surface area contributed by atoms with Crippen LogP contribution in [0, 0.1) is 0 Å². The van der Waals surface area contributed by atoms with E-state index in [-0.39, 0.29) is 11.3 Å². The summed E-state index contributed by atoms with van der Waals surface area (Å²) in [5.74, 6) is -1.16. The number of aromatic nitrogens is 2. The van der Waals surface area contributed by atoms with Crippen LogP contribution in [0.2, 0.25) is 5.02 Å². The number of aryl methyl sites for hydroxylation is 1. The van der Waals surface area contributed by atoms with Crippen LogP contribution in [0.4, 0.5) is 15.6 Å². The fourth-order valence-electron chi connectivity index (χ4n) is 1.50. The molecule has 1 aromatic carbocycles. The van der Waals surface area contributed by atoms with Gasteiger partial charge in [-0.25, -0.2) is 9.59 Å². The second-order valence-corrected chi connectivity index (χ2v) is 5.43. The minimum Gasteiger partial charge on any atom is -0.478 e. The highest BCUT2D eigenvalue weighted by Gasteiger charge is 2.14. The van der Waals surface area contributed by atoms with Crippen molar-refractivity contribution in [1.82, 2.24) is 10.2 Å². The number of carbonyl (C=O) groups excluding carboxylic acids is 1. The van der Waals surface area contributed by atoms with Gasteiger partial charge in [0.1, 0.15) is 5.01 Å². The number of hydrogen-bond acceptors (Lipinski definition) is 5. The molecule has 0 aliphatic carbocycles. The molecule has 21 heavy (non-hydrogen) atoms. The number of hydrogen-bond donors (Lipinski definition) is 3. The zero-order chi connectivity index (χ0) is 15.4. The van der Waals surface area contributed by atoms with Crippen molar-refractivity contribution in [3.63, 3.8) is 0 Å². The van der Waals surface area contributed by atoms with Crippen LogP contribution >= 0.6 is 22.9 Å². The number of carboxylic acid groups (broad SMARTS) is 1. The fourth-order valence-corrected chi connectivity index (χ4v) is 2.35. The summed E-state index contributed by atoms with van der Waals surface area (Å²) in [5.41, 5.74) is 0.0498. The van der Waals surface area contributed by atoms with Crippen LogP contribution in [0.15, 0.2) is 18.2 Å². The van der Waals surface area contributed by atoms with Gasteiger partial charge in [0.15, 0.2) is 0 Å². The Morgan fingerprint density at radius 2 is 2.10 bits per heavy atom. The molecule has 7 nitrogen and oxygen atoms in total. The first-order chi connectivity index (χ1) is 9.99. The zero-order valence-corrected chi connectivity index (χ0v) is 12.5. The number of urea groups is 1. The highest BCUT2D eigenvalue weighted by atomic mass is 35.5. The largest absolute Gasteiger partial charge is 0.478 e. The van der Waals surface area contributed by atoms with Gasteiger partial charge in [-0.2, -0.15) is 0 Å². The number of nitrogens with zero attached hydrogens (tertiary/aromatic N) is 2. The van der Waals surface area contributed by atoms with Crippen molar-refractivity contribution in [3.8, 4) is 0 Å². The Morgan fingerprint density at radius 3 is 2.71 bits per heavy atom. The molecule has 3 N–H and O–H groups in total. The average Bonchev–Trinajstić information content (AvgIpc) is 2.85. The monoisotopic (exact) mass is 326 g/mol. The molecule has 0 fully saturated rings. The quantitative estimate of drug-likeness (QED) is 0.800. The van der Waals surface area contributed by atoms with E-state index >= 15 is 0 Å². The summed E-state index contributed by atoms with van der Waals surface area (Å²) in [4.78, 5) is 22.9.